The molecule has 31 heavy (non-hydrogen) atoms. The van der Waals surface area contributed by atoms with Crippen molar-refractivity contribution in [1.82, 2.24) is 0 Å². The standard InChI is InChI=1S/C25H42O6/c1-14-7-8-19-24(4)10-5-6-15(2)17(24)9-11-25(19,12-14)16(3)30-23-22(29)21(28)20(27)18(13-26)31-23/h15-23,26-29H,1,5-13H2,2-4H3/t15-,16+,17?,18?,19-,20?,21?,22?,23?,24+,25+/m0/s1. The molecule has 0 aromatic carbocycles. The molecule has 4 N–H and O–H groups in total. The lowest BCUT2D eigenvalue weighted by Gasteiger charge is -2.64. The third-order valence-corrected chi connectivity index (χ3v) is 9.68. The molecule has 1 saturated heterocycles. The summed E-state index contributed by atoms with van der Waals surface area (Å²) in [7, 11) is 0. The topological polar surface area (TPSA) is 99.4 Å². The molecule has 4 fully saturated rings. The van der Waals surface area contributed by atoms with E-state index in [2.05, 4.69) is 27.4 Å². The zero-order valence-corrected chi connectivity index (χ0v) is 19.4. The molecule has 6 heteroatoms. The maximum absolute atomic E-state index is 10.5. The van der Waals surface area contributed by atoms with Gasteiger partial charge in [0.15, 0.2) is 6.29 Å². The number of ether oxygens (including phenoxy) is 2. The maximum Gasteiger partial charge on any atom is 0.186 e. The van der Waals surface area contributed by atoms with Gasteiger partial charge in [0.05, 0.1) is 12.7 Å². The summed E-state index contributed by atoms with van der Waals surface area (Å²) >= 11 is 0. The normalized spacial score (nSPS) is 51.6. The molecule has 6 nitrogen and oxygen atoms in total. The van der Waals surface area contributed by atoms with Crippen LogP contribution in [-0.2, 0) is 9.47 Å². The average molecular weight is 439 g/mol. The highest BCUT2D eigenvalue weighted by molar-refractivity contribution is 5.16. The summed E-state index contributed by atoms with van der Waals surface area (Å²) < 4.78 is 12.0. The van der Waals surface area contributed by atoms with Gasteiger partial charge in [0, 0.05) is 5.41 Å². The summed E-state index contributed by atoms with van der Waals surface area (Å²) in [5, 5.41) is 40.4. The van der Waals surface area contributed by atoms with E-state index < -0.39 is 37.3 Å². The van der Waals surface area contributed by atoms with Gasteiger partial charge in [-0.25, -0.2) is 0 Å². The number of hydrogen-bond donors (Lipinski definition) is 4. The van der Waals surface area contributed by atoms with Gasteiger partial charge in [-0.3, -0.25) is 0 Å². The Kier molecular flexibility index (Phi) is 6.63. The molecular weight excluding hydrogens is 396 g/mol. The summed E-state index contributed by atoms with van der Waals surface area (Å²) in [6.45, 7) is 10.9. The van der Waals surface area contributed by atoms with E-state index in [1.165, 1.54) is 31.3 Å². The Labute approximate surface area is 186 Å². The van der Waals surface area contributed by atoms with Gasteiger partial charge in [-0.05, 0) is 68.6 Å². The van der Waals surface area contributed by atoms with Crippen LogP contribution in [0.1, 0.15) is 72.1 Å². The molecule has 0 aromatic rings. The Balaban J connectivity index is 1.60. The van der Waals surface area contributed by atoms with Gasteiger partial charge in [0.2, 0.25) is 0 Å². The molecule has 4 rings (SSSR count). The van der Waals surface area contributed by atoms with Crippen molar-refractivity contribution in [2.75, 3.05) is 6.61 Å². The van der Waals surface area contributed by atoms with Crippen LogP contribution >= 0.6 is 0 Å². The highest BCUT2D eigenvalue weighted by Crippen LogP contribution is 2.66. The molecule has 4 aliphatic rings. The third kappa shape index (κ3) is 3.81. The third-order valence-electron chi connectivity index (χ3n) is 9.68. The minimum Gasteiger partial charge on any atom is -0.394 e. The Morgan fingerprint density at radius 2 is 1.87 bits per heavy atom. The van der Waals surface area contributed by atoms with Crippen molar-refractivity contribution >= 4 is 0 Å². The van der Waals surface area contributed by atoms with Crippen LogP contribution in [0, 0.1) is 28.6 Å². The molecule has 3 aliphatic carbocycles. The highest BCUT2D eigenvalue weighted by atomic mass is 16.7. The summed E-state index contributed by atoms with van der Waals surface area (Å²) in [5.74, 6) is 2.01. The van der Waals surface area contributed by atoms with Gasteiger partial charge >= 0.3 is 0 Å². The first-order chi connectivity index (χ1) is 14.6. The van der Waals surface area contributed by atoms with Crippen LogP contribution in [0.25, 0.3) is 0 Å². The molecule has 0 amide bonds. The van der Waals surface area contributed by atoms with Crippen LogP contribution in [0.15, 0.2) is 12.2 Å². The van der Waals surface area contributed by atoms with E-state index in [0.717, 1.165) is 37.5 Å². The van der Waals surface area contributed by atoms with Crippen molar-refractivity contribution in [3.63, 3.8) is 0 Å². The summed E-state index contributed by atoms with van der Waals surface area (Å²) in [5.41, 5.74) is 1.48. The number of fused-ring (bicyclic) bond motifs is 3. The van der Waals surface area contributed by atoms with Crippen LogP contribution < -0.4 is 0 Å². The predicted molar refractivity (Wildman–Crippen MR) is 117 cm³/mol. The Hall–Kier alpha value is -0.500. The quantitative estimate of drug-likeness (QED) is 0.504. The Bertz CT molecular complexity index is 666. The molecular formula is C25H42O6. The minimum atomic E-state index is -1.41. The summed E-state index contributed by atoms with van der Waals surface area (Å²) in [4.78, 5) is 0. The monoisotopic (exact) mass is 438 g/mol. The van der Waals surface area contributed by atoms with Crippen molar-refractivity contribution in [3.8, 4) is 0 Å². The van der Waals surface area contributed by atoms with Crippen molar-refractivity contribution in [2.24, 2.45) is 28.6 Å². The van der Waals surface area contributed by atoms with Crippen LogP contribution in [0.5, 0.6) is 0 Å². The molecule has 0 radical (unpaired) electrons. The lowest BCUT2D eigenvalue weighted by Crippen LogP contribution is -2.62. The van der Waals surface area contributed by atoms with E-state index in [-0.39, 0.29) is 16.9 Å². The fourth-order valence-electron chi connectivity index (χ4n) is 8.02. The first-order valence-electron chi connectivity index (χ1n) is 12.3. The van der Waals surface area contributed by atoms with E-state index >= 15 is 0 Å². The van der Waals surface area contributed by atoms with Gasteiger partial charge in [-0.15, -0.1) is 0 Å². The fraction of sp³-hybridized carbons (Fsp3) is 0.920. The predicted octanol–water partition coefficient (Wildman–Crippen LogP) is 2.77. The van der Waals surface area contributed by atoms with Crippen molar-refractivity contribution in [3.05, 3.63) is 12.2 Å². The van der Waals surface area contributed by atoms with Gasteiger partial charge in [-0.2, -0.15) is 0 Å². The smallest absolute Gasteiger partial charge is 0.186 e. The largest absolute Gasteiger partial charge is 0.394 e. The van der Waals surface area contributed by atoms with Crippen molar-refractivity contribution < 1.29 is 29.9 Å². The van der Waals surface area contributed by atoms with Gasteiger partial charge in [0.25, 0.3) is 0 Å². The van der Waals surface area contributed by atoms with E-state index in [0.29, 0.717) is 5.92 Å². The fourth-order valence-corrected chi connectivity index (χ4v) is 8.02. The molecule has 3 saturated carbocycles. The number of hydrogen-bond acceptors (Lipinski definition) is 6. The molecule has 178 valence electrons. The lowest BCUT2D eigenvalue weighted by atomic mass is 9.42. The van der Waals surface area contributed by atoms with Crippen LogP contribution in [0.2, 0.25) is 0 Å². The molecule has 1 heterocycles. The Morgan fingerprint density at radius 1 is 1.13 bits per heavy atom. The van der Waals surface area contributed by atoms with E-state index in [1.807, 2.05) is 0 Å². The second kappa shape index (κ2) is 8.69. The molecule has 0 spiro atoms. The maximum atomic E-state index is 10.5. The minimum absolute atomic E-state index is 0.0730. The van der Waals surface area contributed by atoms with Gasteiger partial charge in [0.1, 0.15) is 24.4 Å². The molecule has 6 unspecified atom stereocenters. The SMILES string of the molecule is C=C1CC[C@@H]2[C@]([C@@H](C)OC3OC(CO)C(O)C(O)C3O)(CCC3[C@@H](C)CCC[C@]32C)C1. The lowest BCUT2D eigenvalue weighted by molar-refractivity contribution is -0.325. The van der Waals surface area contributed by atoms with Crippen LogP contribution in [0.3, 0.4) is 0 Å². The van der Waals surface area contributed by atoms with Crippen molar-refractivity contribution in [2.45, 2.75) is 109 Å². The number of rotatable bonds is 4. The van der Waals surface area contributed by atoms with Crippen LogP contribution in [-0.4, -0.2) is 63.8 Å². The molecule has 1 aliphatic heterocycles. The molecule has 0 aromatic heterocycles. The second-order valence-electron chi connectivity index (χ2n) is 11.2. The van der Waals surface area contributed by atoms with Gasteiger partial charge in [-0.1, -0.05) is 38.8 Å². The van der Waals surface area contributed by atoms with E-state index in [4.69, 9.17) is 9.47 Å². The van der Waals surface area contributed by atoms with Crippen molar-refractivity contribution in [1.29, 1.82) is 0 Å². The van der Waals surface area contributed by atoms with Crippen LogP contribution in [0.4, 0.5) is 0 Å². The van der Waals surface area contributed by atoms with E-state index in [1.54, 1.807) is 0 Å². The number of aliphatic hydroxyl groups excluding tert-OH is 4. The number of allylic oxidation sites excluding steroid dienone is 1. The first kappa shape index (κ1) is 23.7. The second-order valence-corrected chi connectivity index (χ2v) is 11.2. The number of aliphatic hydroxyl groups is 4. The average Bonchev–Trinajstić information content (AvgIpc) is 2.73. The first-order valence-corrected chi connectivity index (χ1v) is 12.3. The molecule has 11 atom stereocenters. The molecule has 0 bridgehead atoms. The highest BCUT2D eigenvalue weighted by Gasteiger charge is 2.60. The summed E-state index contributed by atoms with van der Waals surface area (Å²) in [6.07, 6.45) is 2.87. The van der Waals surface area contributed by atoms with Gasteiger partial charge < -0.3 is 29.9 Å². The zero-order chi connectivity index (χ0) is 22.6. The zero-order valence-electron chi connectivity index (χ0n) is 19.4. The Morgan fingerprint density at radius 3 is 2.58 bits per heavy atom. The van der Waals surface area contributed by atoms with E-state index in [9.17, 15) is 20.4 Å². The summed E-state index contributed by atoms with van der Waals surface area (Å²) in [6, 6.07) is 0.